The van der Waals surface area contributed by atoms with Crippen molar-refractivity contribution in [2.45, 2.75) is 27.1 Å². The van der Waals surface area contributed by atoms with Crippen molar-refractivity contribution in [3.63, 3.8) is 0 Å². The molecular formula is C11H19NO2. The largest absolute Gasteiger partial charge is 0.378 e. The molecule has 0 N–H and O–H groups in total. The molecule has 0 spiro atoms. The van der Waals surface area contributed by atoms with Crippen LogP contribution in [0, 0.1) is 0 Å². The molecule has 3 nitrogen and oxygen atoms in total. The number of ether oxygens (including phenoxy) is 2. The lowest BCUT2D eigenvalue weighted by molar-refractivity contribution is 0.173. The maximum atomic E-state index is 4.96. The van der Waals surface area contributed by atoms with Crippen LogP contribution in [0.25, 0.3) is 0 Å². The molecular weight excluding hydrogens is 178 g/mol. The van der Waals surface area contributed by atoms with Gasteiger partial charge in [0.2, 0.25) is 0 Å². The van der Waals surface area contributed by atoms with E-state index in [0.717, 1.165) is 11.4 Å². The Bertz CT molecular complexity index is 217. The Morgan fingerprint density at radius 1 is 1.00 bits per heavy atom. The molecule has 80 valence electrons. The Morgan fingerprint density at radius 3 is 1.79 bits per heavy atom. The Kier molecular flexibility index (Phi) is 8.08. The Labute approximate surface area is 86.1 Å². The van der Waals surface area contributed by atoms with Gasteiger partial charge in [-0.1, -0.05) is 19.9 Å². The van der Waals surface area contributed by atoms with E-state index in [1.54, 1.807) is 14.2 Å². The molecule has 0 saturated heterocycles. The number of hydrogen-bond acceptors (Lipinski definition) is 3. The molecule has 1 rings (SSSR count). The number of pyridine rings is 1. The molecule has 0 saturated carbocycles. The first-order chi connectivity index (χ1) is 6.86. The molecule has 0 aromatic carbocycles. The number of hydrogen-bond donors (Lipinski definition) is 0. The topological polar surface area (TPSA) is 31.4 Å². The summed E-state index contributed by atoms with van der Waals surface area (Å²) in [6.45, 7) is 5.11. The molecule has 0 aliphatic heterocycles. The smallest absolute Gasteiger partial charge is 0.0884 e. The number of methoxy groups -OCH3 is 2. The fraction of sp³-hybridized carbons (Fsp3) is 0.545. The van der Waals surface area contributed by atoms with Gasteiger partial charge in [0.1, 0.15) is 0 Å². The quantitative estimate of drug-likeness (QED) is 0.742. The Morgan fingerprint density at radius 2 is 1.43 bits per heavy atom. The van der Waals surface area contributed by atoms with Crippen LogP contribution in [0.3, 0.4) is 0 Å². The third-order valence-corrected chi connectivity index (χ3v) is 1.45. The maximum Gasteiger partial charge on any atom is 0.0884 e. The van der Waals surface area contributed by atoms with Crippen molar-refractivity contribution < 1.29 is 9.47 Å². The average molecular weight is 197 g/mol. The molecule has 3 heteroatoms. The molecule has 1 aromatic rings. The van der Waals surface area contributed by atoms with Gasteiger partial charge in [-0.3, -0.25) is 4.98 Å². The minimum absolute atomic E-state index is 0.553. The zero-order valence-electron chi connectivity index (χ0n) is 9.41. The van der Waals surface area contributed by atoms with E-state index in [2.05, 4.69) is 4.98 Å². The summed E-state index contributed by atoms with van der Waals surface area (Å²) >= 11 is 0. The Balaban J connectivity index is 0.000000791. The standard InChI is InChI=1S/C9H13NO2.C2H6/c1-11-6-8-4-3-5-9(10-8)7-12-2;1-2/h3-5H,6-7H2,1-2H3;1-2H3. The molecule has 0 aliphatic carbocycles. The highest BCUT2D eigenvalue weighted by Crippen LogP contribution is 2.01. The molecule has 0 radical (unpaired) electrons. The van der Waals surface area contributed by atoms with Crippen LogP contribution in [0.4, 0.5) is 0 Å². The summed E-state index contributed by atoms with van der Waals surface area (Å²) in [6, 6.07) is 5.82. The molecule has 0 unspecified atom stereocenters. The first-order valence-corrected chi connectivity index (χ1v) is 4.79. The predicted molar refractivity (Wildman–Crippen MR) is 57.0 cm³/mol. The summed E-state index contributed by atoms with van der Waals surface area (Å²) in [5.74, 6) is 0. The third kappa shape index (κ3) is 4.94. The van der Waals surface area contributed by atoms with Crippen molar-refractivity contribution in [2.75, 3.05) is 14.2 Å². The normalized spacial score (nSPS) is 9.14. The van der Waals surface area contributed by atoms with Crippen molar-refractivity contribution in [3.8, 4) is 0 Å². The molecule has 0 fully saturated rings. The van der Waals surface area contributed by atoms with Gasteiger partial charge in [-0.2, -0.15) is 0 Å². The number of nitrogens with zero attached hydrogens (tertiary/aromatic N) is 1. The van der Waals surface area contributed by atoms with Crippen molar-refractivity contribution in [1.82, 2.24) is 4.98 Å². The second-order valence-electron chi connectivity index (χ2n) is 2.49. The van der Waals surface area contributed by atoms with Crippen molar-refractivity contribution in [2.24, 2.45) is 0 Å². The van der Waals surface area contributed by atoms with Crippen molar-refractivity contribution >= 4 is 0 Å². The van der Waals surface area contributed by atoms with Crippen LogP contribution in [0.5, 0.6) is 0 Å². The number of aromatic nitrogens is 1. The highest BCUT2D eigenvalue weighted by Gasteiger charge is 1.95. The van der Waals surface area contributed by atoms with Crippen LogP contribution in [0.1, 0.15) is 25.2 Å². The summed E-state index contributed by atoms with van der Waals surface area (Å²) in [6.07, 6.45) is 0. The van der Waals surface area contributed by atoms with Gasteiger partial charge >= 0.3 is 0 Å². The second-order valence-corrected chi connectivity index (χ2v) is 2.49. The summed E-state index contributed by atoms with van der Waals surface area (Å²) in [4.78, 5) is 4.30. The third-order valence-electron chi connectivity index (χ3n) is 1.45. The lowest BCUT2D eigenvalue weighted by Gasteiger charge is -2.01. The summed E-state index contributed by atoms with van der Waals surface area (Å²) in [5, 5.41) is 0. The van der Waals surface area contributed by atoms with E-state index in [1.807, 2.05) is 32.0 Å². The van der Waals surface area contributed by atoms with Crippen LogP contribution < -0.4 is 0 Å². The average Bonchev–Trinajstić information content (AvgIpc) is 2.22. The van der Waals surface area contributed by atoms with E-state index in [4.69, 9.17) is 9.47 Å². The monoisotopic (exact) mass is 197 g/mol. The first kappa shape index (κ1) is 13.1. The van der Waals surface area contributed by atoms with Gasteiger partial charge in [0.05, 0.1) is 24.6 Å². The second kappa shape index (κ2) is 8.66. The van der Waals surface area contributed by atoms with Crippen LogP contribution in [-0.2, 0) is 22.7 Å². The fourth-order valence-electron chi connectivity index (χ4n) is 0.986. The lowest BCUT2D eigenvalue weighted by Crippen LogP contribution is -1.97. The summed E-state index contributed by atoms with van der Waals surface area (Å²) < 4.78 is 9.92. The lowest BCUT2D eigenvalue weighted by atomic mass is 10.3. The van der Waals surface area contributed by atoms with E-state index in [-0.39, 0.29) is 0 Å². The SMILES string of the molecule is CC.COCc1cccc(COC)n1. The minimum Gasteiger partial charge on any atom is -0.378 e. The Hall–Kier alpha value is -0.930. The molecule has 0 amide bonds. The van der Waals surface area contributed by atoms with Crippen LogP contribution in [-0.4, -0.2) is 19.2 Å². The predicted octanol–water partition coefficient (Wildman–Crippen LogP) is 2.40. The first-order valence-electron chi connectivity index (χ1n) is 4.79. The van der Waals surface area contributed by atoms with Gasteiger partial charge in [-0.25, -0.2) is 0 Å². The van der Waals surface area contributed by atoms with Gasteiger partial charge < -0.3 is 9.47 Å². The van der Waals surface area contributed by atoms with Crippen LogP contribution in [0.15, 0.2) is 18.2 Å². The van der Waals surface area contributed by atoms with E-state index >= 15 is 0 Å². The summed E-state index contributed by atoms with van der Waals surface area (Å²) in [5.41, 5.74) is 1.87. The zero-order chi connectivity index (χ0) is 10.8. The van der Waals surface area contributed by atoms with Crippen LogP contribution in [0.2, 0.25) is 0 Å². The fourth-order valence-corrected chi connectivity index (χ4v) is 0.986. The van der Waals surface area contributed by atoms with E-state index < -0.39 is 0 Å². The number of rotatable bonds is 4. The highest BCUT2D eigenvalue weighted by molar-refractivity contribution is 5.09. The molecule has 0 atom stereocenters. The van der Waals surface area contributed by atoms with E-state index in [9.17, 15) is 0 Å². The molecule has 1 heterocycles. The molecule has 1 aromatic heterocycles. The molecule has 0 bridgehead atoms. The zero-order valence-corrected chi connectivity index (χ0v) is 9.41. The molecule has 0 aliphatic rings. The van der Waals surface area contributed by atoms with Gasteiger partial charge in [-0.15, -0.1) is 0 Å². The minimum atomic E-state index is 0.553. The van der Waals surface area contributed by atoms with Gasteiger partial charge in [-0.05, 0) is 12.1 Å². The van der Waals surface area contributed by atoms with Crippen molar-refractivity contribution in [1.29, 1.82) is 0 Å². The summed E-state index contributed by atoms with van der Waals surface area (Å²) in [7, 11) is 3.31. The van der Waals surface area contributed by atoms with Crippen LogP contribution >= 0.6 is 0 Å². The highest BCUT2D eigenvalue weighted by atomic mass is 16.5. The maximum absolute atomic E-state index is 4.96. The molecule has 14 heavy (non-hydrogen) atoms. The van der Waals surface area contributed by atoms with Gasteiger partial charge in [0, 0.05) is 14.2 Å². The van der Waals surface area contributed by atoms with E-state index in [1.165, 1.54) is 0 Å². The van der Waals surface area contributed by atoms with Gasteiger partial charge in [0.15, 0.2) is 0 Å². The van der Waals surface area contributed by atoms with Crippen molar-refractivity contribution in [3.05, 3.63) is 29.6 Å². The van der Waals surface area contributed by atoms with E-state index in [0.29, 0.717) is 13.2 Å². The van der Waals surface area contributed by atoms with Gasteiger partial charge in [0.25, 0.3) is 0 Å².